The van der Waals surface area contributed by atoms with Crippen LogP contribution in [0.25, 0.3) is 16.7 Å². The number of nitrogens with one attached hydrogen (secondary N) is 1. The van der Waals surface area contributed by atoms with Crippen molar-refractivity contribution >= 4 is 24.1 Å². The van der Waals surface area contributed by atoms with Crippen LogP contribution in [0.3, 0.4) is 0 Å². The van der Waals surface area contributed by atoms with E-state index in [0.29, 0.717) is 6.21 Å². The Hall–Kier alpha value is -3.77. The molecule has 2 aromatic carbocycles. The first-order valence-electron chi connectivity index (χ1n) is 10.7. The van der Waals surface area contributed by atoms with E-state index in [1.165, 1.54) is 0 Å². The molecule has 0 heterocycles. The number of ether oxygens (including phenoxy) is 2. The van der Waals surface area contributed by atoms with Crippen molar-refractivity contribution in [3.63, 3.8) is 0 Å². The standard InChI is InChI=1S/C22H21N3O5/c1-29-21(27)20(11-10-14(26)12-24-23)25-22(28)30-13-19-17-8-4-2-6-15(17)16-7-3-5-9-18(16)19/h2-9,12,19-20H,10-11,13H2,1H3,(H,25,28)/t20-/m0/s1/i1D3. The highest BCUT2D eigenvalue weighted by atomic mass is 16.6. The van der Waals surface area contributed by atoms with Gasteiger partial charge < -0.3 is 20.3 Å². The normalized spacial score (nSPS) is 14.6. The molecular formula is C22H21N3O5. The SMILES string of the molecule is [2H]C([2H])([2H])OC(=O)[C@H](CCC(=O)C=[N+]=[N-])NC(=O)OCC1c2ccccc2-c2ccccc21. The van der Waals surface area contributed by atoms with E-state index >= 15 is 0 Å². The van der Waals surface area contributed by atoms with Crippen molar-refractivity contribution in [3.05, 3.63) is 65.2 Å². The van der Waals surface area contributed by atoms with E-state index in [1.807, 2.05) is 48.5 Å². The number of hydrogen-bond donors (Lipinski definition) is 1. The molecule has 0 radical (unpaired) electrons. The summed E-state index contributed by atoms with van der Waals surface area (Å²) in [5.74, 6) is -2.07. The van der Waals surface area contributed by atoms with Crippen molar-refractivity contribution in [2.75, 3.05) is 13.6 Å². The summed E-state index contributed by atoms with van der Waals surface area (Å²) in [6, 6.07) is 14.1. The van der Waals surface area contributed by atoms with Crippen LogP contribution in [0, 0.1) is 0 Å². The van der Waals surface area contributed by atoms with Gasteiger partial charge in [-0.05, 0) is 28.7 Å². The topological polar surface area (TPSA) is 118 Å². The fraction of sp³-hybridized carbons (Fsp3) is 0.273. The lowest BCUT2D eigenvalue weighted by molar-refractivity contribution is -0.143. The highest BCUT2D eigenvalue weighted by Gasteiger charge is 2.30. The number of esters is 1. The molecule has 2 aromatic rings. The van der Waals surface area contributed by atoms with E-state index in [-0.39, 0.29) is 25.4 Å². The molecule has 1 atom stereocenters. The molecule has 0 saturated heterocycles. The maximum Gasteiger partial charge on any atom is 0.407 e. The van der Waals surface area contributed by atoms with Crippen LogP contribution in [-0.4, -0.2) is 48.5 Å². The van der Waals surface area contributed by atoms with Crippen molar-refractivity contribution in [2.24, 2.45) is 0 Å². The molecule has 0 aliphatic heterocycles. The van der Waals surface area contributed by atoms with Gasteiger partial charge in [0.1, 0.15) is 12.6 Å². The quantitative estimate of drug-likeness (QED) is 0.311. The number of carbonyl (C=O) groups is 3. The summed E-state index contributed by atoms with van der Waals surface area (Å²) in [7, 11) is -3.02. The van der Waals surface area contributed by atoms with Gasteiger partial charge >= 0.3 is 18.3 Å². The number of alkyl carbamates (subject to hydrolysis) is 1. The van der Waals surface area contributed by atoms with Crippen LogP contribution in [0.15, 0.2) is 48.5 Å². The third kappa shape index (κ3) is 4.61. The van der Waals surface area contributed by atoms with E-state index < -0.39 is 30.9 Å². The van der Waals surface area contributed by atoms with Gasteiger partial charge in [-0.15, -0.1) is 0 Å². The number of amides is 1. The summed E-state index contributed by atoms with van der Waals surface area (Å²) in [6.07, 6.45) is -0.898. The van der Waals surface area contributed by atoms with E-state index in [0.717, 1.165) is 22.3 Å². The second-order valence-electron chi connectivity index (χ2n) is 6.69. The largest absolute Gasteiger partial charge is 0.467 e. The lowest BCUT2D eigenvalue weighted by atomic mass is 9.98. The van der Waals surface area contributed by atoms with Crippen LogP contribution in [0.1, 0.15) is 34.0 Å². The number of nitrogens with zero attached hydrogens (tertiary/aromatic N) is 2. The first-order valence-corrected chi connectivity index (χ1v) is 9.24. The Balaban J connectivity index is 1.68. The first kappa shape index (κ1) is 17.1. The molecule has 30 heavy (non-hydrogen) atoms. The lowest BCUT2D eigenvalue weighted by Crippen LogP contribution is -2.42. The van der Waals surface area contributed by atoms with Gasteiger partial charge in [-0.2, -0.15) is 4.79 Å². The Bertz CT molecular complexity index is 1070. The first-order chi connectivity index (χ1) is 15.7. The number of hydrogen-bond acceptors (Lipinski definition) is 5. The number of methoxy groups -OCH3 is 1. The van der Waals surface area contributed by atoms with Crippen LogP contribution in [-0.2, 0) is 19.1 Å². The van der Waals surface area contributed by atoms with Crippen LogP contribution in [0.4, 0.5) is 4.79 Å². The maximum atomic E-state index is 12.4. The average Bonchev–Trinajstić information content (AvgIpc) is 3.08. The zero-order chi connectivity index (χ0) is 24.0. The minimum atomic E-state index is -3.02. The van der Waals surface area contributed by atoms with Crippen LogP contribution < -0.4 is 5.32 Å². The minimum Gasteiger partial charge on any atom is -0.467 e. The highest BCUT2D eigenvalue weighted by molar-refractivity contribution is 6.25. The van der Waals surface area contributed by atoms with Crippen LogP contribution in [0.5, 0.6) is 0 Å². The number of carbonyl (C=O) groups excluding carboxylic acids is 3. The van der Waals surface area contributed by atoms with Gasteiger partial charge in [0.25, 0.3) is 0 Å². The zero-order valence-electron chi connectivity index (χ0n) is 18.9. The summed E-state index contributed by atoms with van der Waals surface area (Å²) < 4.78 is 31.0. The molecule has 0 aromatic heterocycles. The molecule has 0 bridgehead atoms. The summed E-state index contributed by atoms with van der Waals surface area (Å²) in [6.45, 7) is -0.0169. The number of ketones is 1. The third-order valence-corrected chi connectivity index (χ3v) is 4.90. The van der Waals surface area contributed by atoms with E-state index in [2.05, 4.69) is 14.8 Å². The van der Waals surface area contributed by atoms with Crippen LogP contribution >= 0.6 is 0 Å². The van der Waals surface area contributed by atoms with Gasteiger partial charge in [-0.3, -0.25) is 4.79 Å². The van der Waals surface area contributed by atoms with Gasteiger partial charge in [0.2, 0.25) is 5.78 Å². The van der Waals surface area contributed by atoms with Gasteiger partial charge in [-0.1, -0.05) is 48.5 Å². The minimum absolute atomic E-state index is 0.0169. The van der Waals surface area contributed by atoms with Gasteiger partial charge in [0, 0.05) is 12.3 Å². The number of benzene rings is 2. The number of Topliss-reactive ketones (excluding diaryl/α,β-unsaturated/α-hetero) is 1. The van der Waals surface area contributed by atoms with Gasteiger partial charge in [0.15, 0.2) is 0 Å². The van der Waals surface area contributed by atoms with Gasteiger partial charge in [-0.25, -0.2) is 9.59 Å². The monoisotopic (exact) mass is 410 g/mol. The van der Waals surface area contributed by atoms with Gasteiger partial charge in [0.05, 0.1) is 11.2 Å². The lowest BCUT2D eigenvalue weighted by Gasteiger charge is -2.18. The predicted molar refractivity (Wildman–Crippen MR) is 108 cm³/mol. The molecule has 0 unspecified atom stereocenters. The molecular weight excluding hydrogens is 386 g/mol. The molecule has 1 N–H and O–H groups in total. The smallest absolute Gasteiger partial charge is 0.407 e. The van der Waals surface area contributed by atoms with E-state index in [1.54, 1.807) is 0 Å². The van der Waals surface area contributed by atoms with Crippen LogP contribution in [0.2, 0.25) is 0 Å². The Morgan fingerprint density at radius 1 is 1.17 bits per heavy atom. The third-order valence-electron chi connectivity index (χ3n) is 4.90. The summed E-state index contributed by atoms with van der Waals surface area (Å²) in [4.78, 5) is 38.8. The van der Waals surface area contributed by atoms with Crippen molar-refractivity contribution in [1.82, 2.24) is 5.32 Å². The average molecular weight is 410 g/mol. The second kappa shape index (κ2) is 9.62. The molecule has 0 saturated carbocycles. The number of fused-ring (bicyclic) bond motifs is 3. The molecule has 154 valence electrons. The Morgan fingerprint density at radius 3 is 2.40 bits per heavy atom. The Labute approximate surface area is 177 Å². The predicted octanol–water partition coefficient (Wildman–Crippen LogP) is 2.72. The molecule has 1 amide bonds. The van der Waals surface area contributed by atoms with E-state index in [4.69, 9.17) is 14.4 Å². The maximum absolute atomic E-state index is 12.4. The van der Waals surface area contributed by atoms with Crippen molar-refractivity contribution in [3.8, 4) is 11.1 Å². The summed E-state index contributed by atoms with van der Waals surface area (Å²) in [5.41, 5.74) is 12.5. The Kier molecular flexibility index (Phi) is 5.49. The fourth-order valence-electron chi connectivity index (χ4n) is 3.52. The summed E-state index contributed by atoms with van der Waals surface area (Å²) >= 11 is 0. The fourth-order valence-corrected chi connectivity index (χ4v) is 3.52. The zero-order valence-corrected chi connectivity index (χ0v) is 15.9. The molecule has 8 heteroatoms. The molecule has 0 fully saturated rings. The van der Waals surface area contributed by atoms with Crippen molar-refractivity contribution in [1.29, 1.82) is 0 Å². The molecule has 0 spiro atoms. The molecule has 3 rings (SSSR count). The van der Waals surface area contributed by atoms with Crippen molar-refractivity contribution < 1.29 is 32.8 Å². The van der Waals surface area contributed by atoms with Crippen molar-refractivity contribution in [2.45, 2.75) is 24.8 Å². The second-order valence-corrected chi connectivity index (χ2v) is 6.69. The summed E-state index contributed by atoms with van der Waals surface area (Å²) in [5, 5.41) is 2.26. The number of rotatable bonds is 8. The van der Waals surface area contributed by atoms with E-state index in [9.17, 15) is 14.4 Å². The highest BCUT2D eigenvalue weighted by Crippen LogP contribution is 2.44. The molecule has 1 aliphatic rings. The molecule has 8 nitrogen and oxygen atoms in total. The molecule has 1 aliphatic carbocycles. The Morgan fingerprint density at radius 2 is 1.80 bits per heavy atom.